The summed E-state index contributed by atoms with van der Waals surface area (Å²) < 4.78 is 11.3. The van der Waals surface area contributed by atoms with Gasteiger partial charge in [-0.25, -0.2) is 0 Å². The second kappa shape index (κ2) is 8.46. The molecule has 29 heavy (non-hydrogen) atoms. The van der Waals surface area contributed by atoms with Crippen molar-refractivity contribution in [3.63, 3.8) is 0 Å². The molecule has 6 heteroatoms. The van der Waals surface area contributed by atoms with Gasteiger partial charge in [-0.05, 0) is 55.4 Å². The molecule has 1 unspecified atom stereocenters. The van der Waals surface area contributed by atoms with E-state index in [-0.39, 0.29) is 12.0 Å². The molecule has 2 aromatic rings. The summed E-state index contributed by atoms with van der Waals surface area (Å²) in [5.74, 6) is 0.709. The van der Waals surface area contributed by atoms with Gasteiger partial charge >= 0.3 is 0 Å². The van der Waals surface area contributed by atoms with Crippen LogP contribution in [0.3, 0.4) is 0 Å². The van der Waals surface area contributed by atoms with Crippen LogP contribution in [0.5, 0.6) is 0 Å². The summed E-state index contributed by atoms with van der Waals surface area (Å²) in [6, 6.07) is 7.52. The molecule has 0 radical (unpaired) electrons. The van der Waals surface area contributed by atoms with E-state index in [1.807, 2.05) is 18.2 Å². The van der Waals surface area contributed by atoms with E-state index in [4.69, 9.17) is 9.15 Å². The molecule has 2 aliphatic heterocycles. The summed E-state index contributed by atoms with van der Waals surface area (Å²) in [6.07, 6.45) is 3.57. The minimum atomic E-state index is -0.818. The van der Waals surface area contributed by atoms with Crippen LogP contribution in [0.15, 0.2) is 28.7 Å². The minimum Gasteiger partial charge on any atom is -0.451 e. The molecule has 2 fully saturated rings. The molecule has 2 aliphatic rings. The standard InChI is InChI=1S/C23H32N2O4/c1-16(2)15-25-9-7-23(27,8-10-25)18-5-6-20-17(12-18)13-21(29-20)22(26)24-14-19-4-3-11-28-19/h5-6,12-13,16,19,27H,3-4,7-11,14-15H2,1-2H3,(H,24,26). The summed E-state index contributed by atoms with van der Waals surface area (Å²) in [4.78, 5) is 14.9. The number of rotatable bonds is 6. The molecular weight excluding hydrogens is 368 g/mol. The third-order valence-corrected chi connectivity index (χ3v) is 6.10. The molecule has 3 heterocycles. The number of benzene rings is 1. The Morgan fingerprint density at radius 1 is 1.31 bits per heavy atom. The lowest BCUT2D eigenvalue weighted by Gasteiger charge is -2.39. The number of piperidine rings is 1. The fraction of sp³-hybridized carbons (Fsp3) is 0.609. The van der Waals surface area contributed by atoms with Gasteiger partial charge in [0.15, 0.2) is 5.76 Å². The van der Waals surface area contributed by atoms with Crippen molar-refractivity contribution in [2.24, 2.45) is 5.92 Å². The van der Waals surface area contributed by atoms with E-state index in [0.29, 0.717) is 23.8 Å². The quantitative estimate of drug-likeness (QED) is 0.778. The van der Waals surface area contributed by atoms with Crippen molar-refractivity contribution < 1.29 is 19.1 Å². The minimum absolute atomic E-state index is 0.103. The predicted molar refractivity (Wildman–Crippen MR) is 112 cm³/mol. The molecule has 1 aromatic carbocycles. The van der Waals surface area contributed by atoms with E-state index < -0.39 is 5.60 Å². The zero-order chi connectivity index (χ0) is 20.4. The van der Waals surface area contributed by atoms with Gasteiger partial charge in [0.1, 0.15) is 5.58 Å². The number of nitrogens with one attached hydrogen (secondary N) is 1. The third-order valence-electron chi connectivity index (χ3n) is 6.10. The Labute approximate surface area is 172 Å². The highest BCUT2D eigenvalue weighted by Gasteiger charge is 2.34. The highest BCUT2D eigenvalue weighted by molar-refractivity contribution is 5.96. The van der Waals surface area contributed by atoms with E-state index in [9.17, 15) is 9.90 Å². The summed E-state index contributed by atoms with van der Waals surface area (Å²) in [5.41, 5.74) is 0.749. The predicted octanol–water partition coefficient (Wildman–Crippen LogP) is 3.28. The van der Waals surface area contributed by atoms with Gasteiger partial charge in [-0.3, -0.25) is 4.79 Å². The van der Waals surface area contributed by atoms with Crippen LogP contribution in [0, 0.1) is 5.92 Å². The number of fused-ring (bicyclic) bond motifs is 1. The lowest BCUT2D eigenvalue weighted by atomic mass is 9.84. The molecule has 2 saturated heterocycles. The van der Waals surface area contributed by atoms with Crippen molar-refractivity contribution >= 4 is 16.9 Å². The average Bonchev–Trinajstić information content (AvgIpc) is 3.36. The SMILES string of the molecule is CC(C)CN1CCC(O)(c2ccc3oc(C(=O)NCC4CCCO4)cc3c2)CC1. The number of carbonyl (C=O) groups is 1. The van der Waals surface area contributed by atoms with Gasteiger partial charge in [0, 0.05) is 38.2 Å². The van der Waals surface area contributed by atoms with Crippen molar-refractivity contribution in [1.29, 1.82) is 0 Å². The normalized spacial score (nSPS) is 22.4. The molecule has 2 N–H and O–H groups in total. The average molecular weight is 401 g/mol. The van der Waals surface area contributed by atoms with Crippen LogP contribution >= 0.6 is 0 Å². The van der Waals surface area contributed by atoms with Gasteiger partial charge in [-0.2, -0.15) is 0 Å². The van der Waals surface area contributed by atoms with Crippen LogP contribution in [-0.2, 0) is 10.3 Å². The van der Waals surface area contributed by atoms with E-state index in [2.05, 4.69) is 24.1 Å². The van der Waals surface area contributed by atoms with Crippen LogP contribution in [0.25, 0.3) is 11.0 Å². The van der Waals surface area contributed by atoms with Crippen molar-refractivity contribution in [3.8, 4) is 0 Å². The molecule has 1 atom stereocenters. The second-order valence-corrected chi connectivity index (χ2v) is 8.93. The number of hydrogen-bond acceptors (Lipinski definition) is 5. The first-order valence-corrected chi connectivity index (χ1v) is 10.8. The van der Waals surface area contributed by atoms with Crippen LogP contribution in [0.2, 0.25) is 0 Å². The zero-order valence-corrected chi connectivity index (χ0v) is 17.4. The highest BCUT2D eigenvalue weighted by Crippen LogP contribution is 2.35. The fourth-order valence-electron chi connectivity index (χ4n) is 4.45. The topological polar surface area (TPSA) is 74.9 Å². The van der Waals surface area contributed by atoms with Crippen molar-refractivity contribution in [2.45, 2.75) is 51.2 Å². The van der Waals surface area contributed by atoms with Gasteiger partial charge in [0.2, 0.25) is 0 Å². The van der Waals surface area contributed by atoms with Crippen LogP contribution < -0.4 is 5.32 Å². The maximum absolute atomic E-state index is 12.4. The van der Waals surface area contributed by atoms with Crippen LogP contribution in [0.4, 0.5) is 0 Å². The molecular formula is C23H32N2O4. The summed E-state index contributed by atoms with van der Waals surface area (Å²) in [7, 11) is 0. The van der Waals surface area contributed by atoms with Gasteiger partial charge in [-0.15, -0.1) is 0 Å². The molecule has 1 amide bonds. The summed E-state index contributed by atoms with van der Waals surface area (Å²) in [5, 5.41) is 15.0. The number of carbonyl (C=O) groups excluding carboxylic acids is 1. The first kappa shape index (κ1) is 20.4. The zero-order valence-electron chi connectivity index (χ0n) is 17.4. The van der Waals surface area contributed by atoms with Gasteiger partial charge < -0.3 is 24.5 Å². The first-order chi connectivity index (χ1) is 13.9. The molecule has 0 spiro atoms. The highest BCUT2D eigenvalue weighted by atomic mass is 16.5. The molecule has 0 bridgehead atoms. The fourth-order valence-corrected chi connectivity index (χ4v) is 4.45. The van der Waals surface area contributed by atoms with Crippen molar-refractivity contribution in [2.75, 3.05) is 32.8 Å². The Balaban J connectivity index is 1.43. The van der Waals surface area contributed by atoms with Crippen LogP contribution in [-0.4, -0.2) is 54.8 Å². The Hall–Kier alpha value is -1.89. The Morgan fingerprint density at radius 2 is 2.10 bits per heavy atom. The number of nitrogens with zero attached hydrogens (tertiary/aromatic N) is 1. The number of furan rings is 1. The molecule has 4 rings (SSSR count). The first-order valence-electron chi connectivity index (χ1n) is 10.8. The number of amides is 1. The maximum atomic E-state index is 12.4. The number of aliphatic hydroxyl groups is 1. The number of hydrogen-bond donors (Lipinski definition) is 2. The summed E-state index contributed by atoms with van der Waals surface area (Å²) in [6.45, 7) is 8.59. The second-order valence-electron chi connectivity index (χ2n) is 8.93. The van der Waals surface area contributed by atoms with Gasteiger partial charge in [0.05, 0.1) is 11.7 Å². The molecule has 0 saturated carbocycles. The third kappa shape index (κ3) is 4.65. The van der Waals surface area contributed by atoms with Crippen molar-refractivity contribution in [3.05, 3.63) is 35.6 Å². The van der Waals surface area contributed by atoms with Crippen LogP contribution in [0.1, 0.15) is 55.6 Å². The maximum Gasteiger partial charge on any atom is 0.287 e. The smallest absolute Gasteiger partial charge is 0.287 e. The lowest BCUT2D eigenvalue weighted by Crippen LogP contribution is -2.43. The Kier molecular flexibility index (Phi) is 5.95. The van der Waals surface area contributed by atoms with Gasteiger partial charge in [0.25, 0.3) is 5.91 Å². The molecule has 158 valence electrons. The van der Waals surface area contributed by atoms with E-state index in [0.717, 1.165) is 62.9 Å². The molecule has 1 aromatic heterocycles. The van der Waals surface area contributed by atoms with E-state index >= 15 is 0 Å². The van der Waals surface area contributed by atoms with E-state index in [1.54, 1.807) is 6.07 Å². The Morgan fingerprint density at radius 3 is 2.79 bits per heavy atom. The lowest BCUT2D eigenvalue weighted by molar-refractivity contribution is -0.0278. The monoisotopic (exact) mass is 400 g/mol. The summed E-state index contributed by atoms with van der Waals surface area (Å²) >= 11 is 0. The van der Waals surface area contributed by atoms with Gasteiger partial charge in [-0.1, -0.05) is 19.9 Å². The number of ether oxygens (including phenoxy) is 1. The Bertz CT molecular complexity index is 846. The van der Waals surface area contributed by atoms with Crippen molar-refractivity contribution in [1.82, 2.24) is 10.2 Å². The number of likely N-dealkylation sites (tertiary alicyclic amines) is 1. The largest absolute Gasteiger partial charge is 0.451 e. The van der Waals surface area contributed by atoms with E-state index in [1.165, 1.54) is 0 Å². The molecule has 6 nitrogen and oxygen atoms in total. The molecule has 0 aliphatic carbocycles.